The molecule has 1 unspecified atom stereocenters. The Bertz CT molecular complexity index is 505. The fourth-order valence-electron chi connectivity index (χ4n) is 2.07. The number of aromatic hydroxyl groups is 1. The van der Waals surface area contributed by atoms with Gasteiger partial charge >= 0.3 is 0 Å². The van der Waals surface area contributed by atoms with E-state index in [0.29, 0.717) is 17.7 Å². The third kappa shape index (κ3) is 2.67. The predicted octanol–water partition coefficient (Wildman–Crippen LogP) is 3.31. The van der Waals surface area contributed by atoms with Crippen molar-refractivity contribution < 1.29 is 19.4 Å². The Hall–Kier alpha value is -1.71. The Morgan fingerprint density at radius 3 is 2.79 bits per heavy atom. The molecule has 1 aliphatic rings. The van der Waals surface area contributed by atoms with Crippen LogP contribution in [0.25, 0.3) is 0 Å². The number of ketones is 1. The second-order valence-corrected chi connectivity index (χ2v) is 5.59. The van der Waals surface area contributed by atoms with Crippen LogP contribution in [0.15, 0.2) is 12.1 Å². The molecule has 1 aromatic rings. The van der Waals surface area contributed by atoms with E-state index in [1.54, 1.807) is 12.1 Å². The number of ether oxygens (including phenoxy) is 2. The van der Waals surface area contributed by atoms with Gasteiger partial charge in [0.1, 0.15) is 5.60 Å². The summed E-state index contributed by atoms with van der Waals surface area (Å²) in [7, 11) is 0. The first-order chi connectivity index (χ1) is 8.84. The molecule has 0 saturated carbocycles. The molecule has 1 aromatic carbocycles. The highest BCUT2D eigenvalue weighted by molar-refractivity contribution is 6.01. The first-order valence-corrected chi connectivity index (χ1v) is 6.59. The SMILES string of the molecule is CCC(C)Oc1ccc2c(c1O)OC(C)(C)CC2=O. The van der Waals surface area contributed by atoms with E-state index in [4.69, 9.17) is 9.47 Å². The van der Waals surface area contributed by atoms with Crippen molar-refractivity contribution in [3.05, 3.63) is 17.7 Å². The van der Waals surface area contributed by atoms with Crippen molar-refractivity contribution in [2.75, 3.05) is 0 Å². The van der Waals surface area contributed by atoms with Crippen molar-refractivity contribution in [2.45, 2.75) is 52.2 Å². The zero-order chi connectivity index (χ0) is 14.2. The van der Waals surface area contributed by atoms with E-state index < -0.39 is 5.60 Å². The molecule has 104 valence electrons. The number of hydrogen-bond acceptors (Lipinski definition) is 4. The summed E-state index contributed by atoms with van der Waals surface area (Å²) in [6.07, 6.45) is 1.14. The predicted molar refractivity (Wildman–Crippen MR) is 72.1 cm³/mol. The summed E-state index contributed by atoms with van der Waals surface area (Å²) in [5, 5.41) is 10.2. The van der Waals surface area contributed by atoms with Crippen molar-refractivity contribution in [1.82, 2.24) is 0 Å². The number of carbonyl (C=O) groups excluding carboxylic acids is 1. The van der Waals surface area contributed by atoms with Crippen molar-refractivity contribution in [3.8, 4) is 17.2 Å². The van der Waals surface area contributed by atoms with Crippen LogP contribution in [0.2, 0.25) is 0 Å². The normalized spacial score (nSPS) is 18.4. The molecule has 0 aliphatic carbocycles. The molecule has 1 atom stereocenters. The molecule has 4 nitrogen and oxygen atoms in total. The van der Waals surface area contributed by atoms with Crippen molar-refractivity contribution >= 4 is 5.78 Å². The van der Waals surface area contributed by atoms with E-state index in [1.807, 2.05) is 27.7 Å². The zero-order valence-electron chi connectivity index (χ0n) is 11.8. The van der Waals surface area contributed by atoms with Gasteiger partial charge in [0.15, 0.2) is 17.3 Å². The zero-order valence-corrected chi connectivity index (χ0v) is 11.8. The van der Waals surface area contributed by atoms with Gasteiger partial charge in [-0.15, -0.1) is 0 Å². The second kappa shape index (κ2) is 4.76. The lowest BCUT2D eigenvalue weighted by Gasteiger charge is -2.32. The Kier molecular flexibility index (Phi) is 3.43. The number of carbonyl (C=O) groups is 1. The number of phenolic OH excluding ortho intramolecular Hbond substituents is 1. The van der Waals surface area contributed by atoms with Gasteiger partial charge in [-0.3, -0.25) is 4.79 Å². The van der Waals surface area contributed by atoms with Gasteiger partial charge in [-0.1, -0.05) is 6.92 Å². The lowest BCUT2D eigenvalue weighted by Crippen LogP contribution is -2.35. The maximum atomic E-state index is 12.0. The first kappa shape index (κ1) is 13.7. The average molecular weight is 264 g/mol. The minimum atomic E-state index is -0.601. The van der Waals surface area contributed by atoms with Crippen LogP contribution >= 0.6 is 0 Å². The van der Waals surface area contributed by atoms with Crippen LogP contribution in [-0.4, -0.2) is 22.6 Å². The van der Waals surface area contributed by atoms with Gasteiger partial charge in [-0.25, -0.2) is 0 Å². The van der Waals surface area contributed by atoms with Gasteiger partial charge in [0.25, 0.3) is 0 Å². The van der Waals surface area contributed by atoms with Gasteiger partial charge in [-0.05, 0) is 39.3 Å². The molecule has 4 heteroatoms. The highest BCUT2D eigenvalue weighted by atomic mass is 16.5. The maximum absolute atomic E-state index is 12.0. The first-order valence-electron chi connectivity index (χ1n) is 6.59. The highest BCUT2D eigenvalue weighted by Gasteiger charge is 2.35. The van der Waals surface area contributed by atoms with Crippen LogP contribution in [0, 0.1) is 0 Å². The molecule has 19 heavy (non-hydrogen) atoms. The van der Waals surface area contributed by atoms with E-state index >= 15 is 0 Å². The molecule has 0 amide bonds. The second-order valence-electron chi connectivity index (χ2n) is 5.59. The van der Waals surface area contributed by atoms with Gasteiger partial charge in [0, 0.05) is 0 Å². The van der Waals surface area contributed by atoms with E-state index in [0.717, 1.165) is 6.42 Å². The molecule has 1 heterocycles. The fraction of sp³-hybridized carbons (Fsp3) is 0.533. The van der Waals surface area contributed by atoms with Gasteiger partial charge in [-0.2, -0.15) is 0 Å². The standard InChI is InChI=1S/C15H20O4/c1-5-9(2)18-12-7-6-10-11(16)8-15(3,4)19-14(10)13(12)17/h6-7,9,17H,5,8H2,1-4H3. The fourth-order valence-corrected chi connectivity index (χ4v) is 2.07. The van der Waals surface area contributed by atoms with Crippen LogP contribution < -0.4 is 9.47 Å². The molecule has 0 saturated heterocycles. The molecule has 0 aromatic heterocycles. The molecule has 1 aliphatic heterocycles. The van der Waals surface area contributed by atoms with Crippen LogP contribution in [0.3, 0.4) is 0 Å². The van der Waals surface area contributed by atoms with Crippen LogP contribution in [0.1, 0.15) is 50.9 Å². The number of Topliss-reactive ketones (excluding diaryl/α,β-unsaturated/α-hetero) is 1. The molecule has 2 rings (SSSR count). The number of fused-ring (bicyclic) bond motifs is 1. The van der Waals surface area contributed by atoms with Crippen LogP contribution in [0.4, 0.5) is 0 Å². The summed E-state index contributed by atoms with van der Waals surface area (Å²) in [6, 6.07) is 3.28. The van der Waals surface area contributed by atoms with Gasteiger partial charge in [0.2, 0.25) is 5.75 Å². The average Bonchev–Trinajstić information content (AvgIpc) is 2.32. The van der Waals surface area contributed by atoms with E-state index in [9.17, 15) is 9.90 Å². The molecule has 0 radical (unpaired) electrons. The maximum Gasteiger partial charge on any atom is 0.201 e. The van der Waals surface area contributed by atoms with E-state index in [-0.39, 0.29) is 23.4 Å². The number of benzene rings is 1. The Morgan fingerprint density at radius 2 is 2.16 bits per heavy atom. The molecule has 0 bridgehead atoms. The number of hydrogen-bond donors (Lipinski definition) is 1. The summed E-state index contributed by atoms with van der Waals surface area (Å²) in [4.78, 5) is 12.0. The molecular formula is C15H20O4. The molecular weight excluding hydrogens is 244 g/mol. The van der Waals surface area contributed by atoms with Crippen molar-refractivity contribution in [1.29, 1.82) is 0 Å². The van der Waals surface area contributed by atoms with Crippen molar-refractivity contribution in [2.24, 2.45) is 0 Å². The van der Waals surface area contributed by atoms with Crippen LogP contribution in [0.5, 0.6) is 17.2 Å². The molecule has 1 N–H and O–H groups in total. The lowest BCUT2D eigenvalue weighted by atomic mass is 9.93. The monoisotopic (exact) mass is 264 g/mol. The summed E-state index contributed by atoms with van der Waals surface area (Å²) < 4.78 is 11.3. The number of rotatable bonds is 3. The van der Waals surface area contributed by atoms with Gasteiger partial charge in [0.05, 0.1) is 18.1 Å². The van der Waals surface area contributed by atoms with Gasteiger partial charge < -0.3 is 14.6 Å². The summed E-state index contributed by atoms with van der Waals surface area (Å²) >= 11 is 0. The topological polar surface area (TPSA) is 55.8 Å². The minimum absolute atomic E-state index is 0.00347. The quantitative estimate of drug-likeness (QED) is 0.910. The van der Waals surface area contributed by atoms with E-state index in [1.165, 1.54) is 0 Å². The third-order valence-electron chi connectivity index (χ3n) is 3.26. The minimum Gasteiger partial charge on any atom is -0.502 e. The molecule has 0 spiro atoms. The lowest BCUT2D eigenvalue weighted by molar-refractivity contribution is 0.0596. The Morgan fingerprint density at radius 1 is 1.47 bits per heavy atom. The summed E-state index contributed by atoms with van der Waals surface area (Å²) in [6.45, 7) is 7.59. The van der Waals surface area contributed by atoms with Crippen LogP contribution in [-0.2, 0) is 0 Å². The highest BCUT2D eigenvalue weighted by Crippen LogP contribution is 2.44. The smallest absolute Gasteiger partial charge is 0.201 e. The van der Waals surface area contributed by atoms with E-state index in [2.05, 4.69) is 0 Å². The Labute approximate surface area is 113 Å². The third-order valence-corrected chi connectivity index (χ3v) is 3.26. The Balaban J connectivity index is 2.41. The summed E-state index contributed by atoms with van der Waals surface area (Å²) in [5.41, 5.74) is -0.176. The summed E-state index contributed by atoms with van der Waals surface area (Å²) in [5.74, 6) is 0.496. The molecule has 0 fully saturated rings. The number of phenols is 1. The largest absolute Gasteiger partial charge is 0.502 e. The van der Waals surface area contributed by atoms with Crippen molar-refractivity contribution in [3.63, 3.8) is 0 Å².